The van der Waals surface area contributed by atoms with Gasteiger partial charge in [0.1, 0.15) is 0 Å². The van der Waals surface area contributed by atoms with E-state index in [-0.39, 0.29) is 11.4 Å². The van der Waals surface area contributed by atoms with Crippen molar-refractivity contribution in [3.8, 4) is 0 Å². The number of hydrogen-bond donors (Lipinski definition) is 0. The molecular weight excluding hydrogens is 368 g/mol. The van der Waals surface area contributed by atoms with E-state index in [1.807, 2.05) is 48.5 Å². The number of ketones is 1. The fourth-order valence-electron chi connectivity index (χ4n) is 3.68. The van der Waals surface area contributed by atoms with Crippen LogP contribution >= 0.6 is 0 Å². The Balaban J connectivity index is 2.20. The molecule has 1 atom stereocenters. The molecule has 1 aliphatic rings. The molecule has 2 aromatic carbocycles. The molecule has 3 rings (SSSR count). The first kappa shape index (κ1) is 20.3. The van der Waals surface area contributed by atoms with Crippen molar-refractivity contribution in [1.82, 2.24) is 0 Å². The standard InChI is InChI=1S/C24H22O5/c1-24(20(23(27)29-3)15-21(25)28-2)19-12-8-7-11-17(19)14-18(22(24)26)13-16-9-5-4-6-10-16/h4-12,14-15H,13H2,1-3H3/b20-15+/t24-/m0/s1. The summed E-state index contributed by atoms with van der Waals surface area (Å²) in [7, 11) is 2.43. The second-order valence-electron chi connectivity index (χ2n) is 6.95. The van der Waals surface area contributed by atoms with Crippen molar-refractivity contribution < 1.29 is 23.9 Å². The van der Waals surface area contributed by atoms with Gasteiger partial charge in [0.15, 0.2) is 5.78 Å². The maximum atomic E-state index is 13.7. The minimum absolute atomic E-state index is 0.0528. The normalized spacial score (nSPS) is 18.5. The van der Waals surface area contributed by atoms with Gasteiger partial charge in [-0.05, 0) is 29.7 Å². The van der Waals surface area contributed by atoms with Crippen molar-refractivity contribution >= 4 is 23.8 Å². The molecule has 0 fully saturated rings. The third-order valence-corrected chi connectivity index (χ3v) is 5.22. The fraction of sp³-hybridized carbons (Fsp3) is 0.208. The van der Waals surface area contributed by atoms with Crippen LogP contribution in [-0.2, 0) is 35.7 Å². The van der Waals surface area contributed by atoms with E-state index in [4.69, 9.17) is 9.47 Å². The molecular formula is C24H22O5. The monoisotopic (exact) mass is 390 g/mol. The summed E-state index contributed by atoms with van der Waals surface area (Å²) < 4.78 is 9.61. The Morgan fingerprint density at radius 2 is 1.62 bits per heavy atom. The molecule has 0 aromatic heterocycles. The maximum Gasteiger partial charge on any atom is 0.335 e. The SMILES string of the molecule is COC(=O)/C=C(\C(=O)OC)[C@@]1(C)C(=O)C(Cc2ccccc2)=Cc2ccccc21. The number of hydrogen-bond acceptors (Lipinski definition) is 5. The Hall–Kier alpha value is -3.47. The molecule has 5 nitrogen and oxygen atoms in total. The van der Waals surface area contributed by atoms with Crippen LogP contribution in [0.5, 0.6) is 0 Å². The molecule has 148 valence electrons. The lowest BCUT2D eigenvalue weighted by Crippen LogP contribution is -2.42. The summed E-state index contributed by atoms with van der Waals surface area (Å²) in [6.45, 7) is 1.65. The van der Waals surface area contributed by atoms with Crippen molar-refractivity contribution in [1.29, 1.82) is 0 Å². The number of carbonyl (C=O) groups is 3. The molecule has 5 heteroatoms. The van der Waals surface area contributed by atoms with Crippen molar-refractivity contribution in [2.24, 2.45) is 0 Å². The van der Waals surface area contributed by atoms with Gasteiger partial charge in [-0.15, -0.1) is 0 Å². The zero-order valence-electron chi connectivity index (χ0n) is 16.6. The van der Waals surface area contributed by atoms with Crippen LogP contribution in [0.2, 0.25) is 0 Å². The zero-order chi connectivity index (χ0) is 21.0. The Morgan fingerprint density at radius 3 is 2.28 bits per heavy atom. The number of fused-ring (bicyclic) bond motifs is 1. The average Bonchev–Trinajstić information content (AvgIpc) is 2.75. The number of carbonyl (C=O) groups excluding carboxylic acids is 3. The van der Waals surface area contributed by atoms with Gasteiger partial charge in [0, 0.05) is 18.1 Å². The number of benzene rings is 2. The largest absolute Gasteiger partial charge is 0.466 e. The number of allylic oxidation sites excluding steroid dienone is 1. The summed E-state index contributed by atoms with van der Waals surface area (Å²) in [6.07, 6.45) is 3.31. The average molecular weight is 390 g/mol. The zero-order valence-corrected chi connectivity index (χ0v) is 16.6. The van der Waals surface area contributed by atoms with Crippen molar-refractivity contribution in [2.75, 3.05) is 14.2 Å². The summed E-state index contributed by atoms with van der Waals surface area (Å²) in [5, 5.41) is 0. The topological polar surface area (TPSA) is 69.7 Å². The summed E-state index contributed by atoms with van der Waals surface area (Å²) >= 11 is 0. The van der Waals surface area contributed by atoms with E-state index in [2.05, 4.69) is 0 Å². The van der Waals surface area contributed by atoms with Crippen LogP contribution in [0.25, 0.3) is 6.08 Å². The second-order valence-corrected chi connectivity index (χ2v) is 6.95. The van der Waals surface area contributed by atoms with Gasteiger partial charge in [0.05, 0.1) is 25.2 Å². The summed E-state index contributed by atoms with van der Waals surface area (Å²) in [5.41, 5.74) is 1.56. The minimum atomic E-state index is -1.38. The predicted molar refractivity (Wildman–Crippen MR) is 109 cm³/mol. The molecule has 0 saturated heterocycles. The van der Waals surface area contributed by atoms with E-state index >= 15 is 0 Å². The number of ether oxygens (including phenoxy) is 2. The molecule has 0 radical (unpaired) electrons. The molecule has 0 heterocycles. The van der Waals surface area contributed by atoms with Crippen LogP contribution in [0.15, 0.2) is 71.8 Å². The van der Waals surface area contributed by atoms with E-state index in [9.17, 15) is 14.4 Å². The van der Waals surface area contributed by atoms with Gasteiger partial charge in [-0.25, -0.2) is 9.59 Å². The molecule has 0 aliphatic heterocycles. The third kappa shape index (κ3) is 3.76. The number of rotatable bonds is 5. The molecule has 0 spiro atoms. The first-order chi connectivity index (χ1) is 13.9. The van der Waals surface area contributed by atoms with Gasteiger partial charge in [-0.3, -0.25) is 4.79 Å². The third-order valence-electron chi connectivity index (χ3n) is 5.22. The Morgan fingerprint density at radius 1 is 0.966 bits per heavy atom. The van der Waals surface area contributed by atoms with Crippen LogP contribution < -0.4 is 0 Å². The van der Waals surface area contributed by atoms with Crippen molar-refractivity contribution in [2.45, 2.75) is 18.8 Å². The van der Waals surface area contributed by atoms with Crippen LogP contribution in [0.1, 0.15) is 23.6 Å². The number of esters is 2. The number of Topliss-reactive ketones (excluding diaryl/α,β-unsaturated/α-hetero) is 1. The van der Waals surface area contributed by atoms with E-state index in [1.54, 1.807) is 19.1 Å². The van der Waals surface area contributed by atoms with Gasteiger partial charge in [0.25, 0.3) is 0 Å². The maximum absolute atomic E-state index is 13.7. The van der Waals surface area contributed by atoms with E-state index in [1.165, 1.54) is 14.2 Å². The highest BCUT2D eigenvalue weighted by molar-refractivity contribution is 6.17. The van der Waals surface area contributed by atoms with Crippen LogP contribution in [0, 0.1) is 0 Å². The first-order valence-corrected chi connectivity index (χ1v) is 9.19. The quantitative estimate of drug-likeness (QED) is 0.578. The van der Waals surface area contributed by atoms with E-state index in [0.29, 0.717) is 17.6 Å². The Labute approximate surface area is 169 Å². The fourth-order valence-corrected chi connectivity index (χ4v) is 3.68. The second kappa shape index (κ2) is 8.27. The van der Waals surface area contributed by atoms with Gasteiger partial charge < -0.3 is 9.47 Å². The van der Waals surface area contributed by atoms with Gasteiger partial charge in [0.2, 0.25) is 0 Å². The molecule has 0 bridgehead atoms. The molecule has 29 heavy (non-hydrogen) atoms. The summed E-state index contributed by atoms with van der Waals surface area (Å²) in [6, 6.07) is 17.0. The summed E-state index contributed by atoms with van der Waals surface area (Å²) in [4.78, 5) is 38.3. The highest BCUT2D eigenvalue weighted by atomic mass is 16.5. The van der Waals surface area contributed by atoms with Crippen LogP contribution in [0.4, 0.5) is 0 Å². The molecule has 2 aromatic rings. The lowest BCUT2D eigenvalue weighted by Gasteiger charge is -2.35. The highest BCUT2D eigenvalue weighted by Crippen LogP contribution is 2.42. The van der Waals surface area contributed by atoms with Crippen molar-refractivity contribution in [3.05, 3.63) is 88.5 Å². The predicted octanol–water partition coefficient (Wildman–Crippen LogP) is 3.43. The van der Waals surface area contributed by atoms with Crippen LogP contribution in [-0.4, -0.2) is 31.9 Å². The van der Waals surface area contributed by atoms with Gasteiger partial charge in [-0.1, -0.05) is 54.6 Å². The highest BCUT2D eigenvalue weighted by Gasteiger charge is 2.47. The molecule has 0 N–H and O–H groups in total. The van der Waals surface area contributed by atoms with Gasteiger partial charge in [-0.2, -0.15) is 0 Å². The Kier molecular flexibility index (Phi) is 5.78. The molecule has 0 amide bonds. The Bertz CT molecular complexity index is 1020. The number of methoxy groups -OCH3 is 2. The molecule has 0 unspecified atom stereocenters. The first-order valence-electron chi connectivity index (χ1n) is 9.19. The van der Waals surface area contributed by atoms with Crippen molar-refractivity contribution in [3.63, 3.8) is 0 Å². The minimum Gasteiger partial charge on any atom is -0.466 e. The van der Waals surface area contributed by atoms with Crippen LogP contribution in [0.3, 0.4) is 0 Å². The summed E-state index contributed by atoms with van der Waals surface area (Å²) in [5.74, 6) is -1.72. The van der Waals surface area contributed by atoms with E-state index < -0.39 is 17.4 Å². The lowest BCUT2D eigenvalue weighted by atomic mass is 9.65. The van der Waals surface area contributed by atoms with E-state index in [0.717, 1.165) is 17.2 Å². The smallest absolute Gasteiger partial charge is 0.335 e. The molecule has 0 saturated carbocycles. The van der Waals surface area contributed by atoms with Gasteiger partial charge >= 0.3 is 11.9 Å². The molecule has 1 aliphatic carbocycles. The lowest BCUT2D eigenvalue weighted by molar-refractivity contribution is -0.140.